The zero-order valence-corrected chi connectivity index (χ0v) is 19.3. The predicted molar refractivity (Wildman–Crippen MR) is 120 cm³/mol. The van der Waals surface area contributed by atoms with E-state index in [1.54, 1.807) is 0 Å². The largest absolute Gasteiger partial charge is 0.379 e. The van der Waals surface area contributed by atoms with Crippen molar-refractivity contribution >= 4 is 11.7 Å². The van der Waals surface area contributed by atoms with E-state index >= 15 is 0 Å². The van der Waals surface area contributed by atoms with Crippen LogP contribution in [0.3, 0.4) is 0 Å². The fraction of sp³-hybridized carbons (Fsp3) is 0.917. The molecule has 5 nitrogen and oxygen atoms in total. The molecule has 0 aromatic rings. The minimum atomic E-state index is 0.126. The molecule has 0 aromatic carbocycles. The second-order valence-electron chi connectivity index (χ2n) is 7.86. The third kappa shape index (κ3) is 23.2. The van der Waals surface area contributed by atoms with Gasteiger partial charge < -0.3 is 14.8 Å². The molecule has 0 aliphatic rings. The minimum absolute atomic E-state index is 0.126. The maximum absolute atomic E-state index is 11.8. The van der Waals surface area contributed by atoms with E-state index in [0.717, 1.165) is 19.3 Å². The second-order valence-corrected chi connectivity index (χ2v) is 7.86. The van der Waals surface area contributed by atoms with Crippen LogP contribution in [0.25, 0.3) is 0 Å². The van der Waals surface area contributed by atoms with Gasteiger partial charge >= 0.3 is 0 Å². The van der Waals surface area contributed by atoms with Crippen LogP contribution in [0.5, 0.6) is 0 Å². The van der Waals surface area contributed by atoms with Crippen LogP contribution in [-0.4, -0.2) is 44.7 Å². The number of carbonyl (C=O) groups excluding carboxylic acids is 2. The predicted octanol–water partition coefficient (Wildman–Crippen LogP) is 5.60. The van der Waals surface area contributed by atoms with Crippen LogP contribution in [0.1, 0.15) is 110 Å². The molecule has 0 radical (unpaired) electrons. The first-order valence-electron chi connectivity index (χ1n) is 12.1. The Morgan fingerprint density at radius 2 is 1.17 bits per heavy atom. The Morgan fingerprint density at radius 3 is 1.76 bits per heavy atom. The molecular weight excluding hydrogens is 366 g/mol. The summed E-state index contributed by atoms with van der Waals surface area (Å²) in [6.45, 7) is 6.87. The van der Waals surface area contributed by atoms with Crippen molar-refractivity contribution in [3.63, 3.8) is 0 Å². The summed E-state index contributed by atoms with van der Waals surface area (Å²) < 4.78 is 10.9. The number of hydrogen-bond donors (Lipinski definition) is 1. The zero-order valence-electron chi connectivity index (χ0n) is 19.3. The Hall–Kier alpha value is -0.940. The Balaban J connectivity index is 3.18. The molecule has 0 aliphatic heterocycles. The number of rotatable bonds is 23. The quantitative estimate of drug-likeness (QED) is 0.222. The Morgan fingerprint density at radius 1 is 0.621 bits per heavy atom. The van der Waals surface area contributed by atoms with E-state index in [4.69, 9.17) is 9.47 Å². The zero-order chi connectivity index (χ0) is 21.4. The summed E-state index contributed by atoms with van der Waals surface area (Å²) in [6, 6.07) is 0. The van der Waals surface area contributed by atoms with Gasteiger partial charge in [-0.3, -0.25) is 9.59 Å². The fourth-order valence-electron chi connectivity index (χ4n) is 3.17. The van der Waals surface area contributed by atoms with Gasteiger partial charge in [0.05, 0.1) is 19.8 Å². The molecule has 0 atom stereocenters. The van der Waals surface area contributed by atoms with Crippen molar-refractivity contribution in [2.75, 3.05) is 33.0 Å². The van der Waals surface area contributed by atoms with E-state index in [1.165, 1.54) is 57.8 Å². The van der Waals surface area contributed by atoms with E-state index < -0.39 is 0 Å². The number of hydrogen-bond acceptors (Lipinski definition) is 4. The van der Waals surface area contributed by atoms with Crippen LogP contribution < -0.4 is 5.32 Å². The highest BCUT2D eigenvalue weighted by molar-refractivity contribution is 5.77. The first-order chi connectivity index (χ1) is 14.2. The fourth-order valence-corrected chi connectivity index (χ4v) is 3.17. The molecule has 0 aliphatic carbocycles. The summed E-state index contributed by atoms with van der Waals surface area (Å²) in [5.41, 5.74) is 0. The van der Waals surface area contributed by atoms with Gasteiger partial charge in [0.25, 0.3) is 0 Å². The summed E-state index contributed by atoms with van der Waals surface area (Å²) >= 11 is 0. The maximum Gasteiger partial charge on any atom is 0.220 e. The molecule has 0 bridgehead atoms. The molecule has 0 rings (SSSR count). The van der Waals surface area contributed by atoms with Gasteiger partial charge in [-0.25, -0.2) is 0 Å². The average molecular weight is 414 g/mol. The van der Waals surface area contributed by atoms with Gasteiger partial charge in [-0.1, -0.05) is 78.1 Å². The molecule has 5 heteroatoms. The van der Waals surface area contributed by atoms with Crippen molar-refractivity contribution in [3.05, 3.63) is 0 Å². The van der Waals surface area contributed by atoms with Gasteiger partial charge in [0.15, 0.2) is 0 Å². The Kier molecular flexibility index (Phi) is 22.6. The summed E-state index contributed by atoms with van der Waals surface area (Å²) in [7, 11) is 0. The summed E-state index contributed by atoms with van der Waals surface area (Å²) in [4.78, 5) is 22.9. The van der Waals surface area contributed by atoms with Crippen LogP contribution in [0.15, 0.2) is 0 Å². The lowest BCUT2D eigenvalue weighted by Crippen LogP contribution is -2.27. The van der Waals surface area contributed by atoms with E-state index in [9.17, 15) is 9.59 Å². The first kappa shape index (κ1) is 28.1. The summed E-state index contributed by atoms with van der Waals surface area (Å²) in [6.07, 6.45) is 16.9. The van der Waals surface area contributed by atoms with Crippen molar-refractivity contribution in [1.82, 2.24) is 5.32 Å². The van der Waals surface area contributed by atoms with Gasteiger partial charge in [0, 0.05) is 32.4 Å². The molecule has 172 valence electrons. The molecule has 0 fully saturated rings. The van der Waals surface area contributed by atoms with Crippen LogP contribution in [-0.2, 0) is 19.1 Å². The van der Waals surface area contributed by atoms with Crippen LogP contribution in [0.2, 0.25) is 0 Å². The monoisotopic (exact) mass is 413 g/mol. The molecule has 1 N–H and O–H groups in total. The van der Waals surface area contributed by atoms with Crippen molar-refractivity contribution in [1.29, 1.82) is 0 Å². The Labute approximate surface area is 179 Å². The first-order valence-corrected chi connectivity index (χ1v) is 12.1. The van der Waals surface area contributed by atoms with Crippen molar-refractivity contribution in [2.24, 2.45) is 0 Å². The van der Waals surface area contributed by atoms with Crippen molar-refractivity contribution in [2.45, 2.75) is 110 Å². The molecule has 0 unspecified atom stereocenters. The van der Waals surface area contributed by atoms with E-state index in [2.05, 4.69) is 12.2 Å². The molecule has 29 heavy (non-hydrogen) atoms. The Bertz CT molecular complexity index is 374. The van der Waals surface area contributed by atoms with Crippen LogP contribution in [0, 0.1) is 0 Å². The van der Waals surface area contributed by atoms with Gasteiger partial charge in [-0.15, -0.1) is 0 Å². The molecule has 1 amide bonds. The van der Waals surface area contributed by atoms with E-state index in [-0.39, 0.29) is 11.7 Å². The molecule has 0 aromatic heterocycles. The SMILES string of the molecule is CCCCCCCCCCCCCC(=O)NCCOCCOCCCC(=O)CC. The molecule has 0 saturated carbocycles. The minimum Gasteiger partial charge on any atom is -0.379 e. The van der Waals surface area contributed by atoms with E-state index in [0.29, 0.717) is 52.2 Å². The third-order valence-corrected chi connectivity index (χ3v) is 5.09. The lowest BCUT2D eigenvalue weighted by Gasteiger charge is -2.07. The lowest BCUT2D eigenvalue weighted by molar-refractivity contribution is -0.121. The molecule has 0 heterocycles. The smallest absolute Gasteiger partial charge is 0.220 e. The van der Waals surface area contributed by atoms with Gasteiger partial charge in [-0.05, 0) is 12.8 Å². The molecule has 0 saturated heterocycles. The highest BCUT2D eigenvalue weighted by atomic mass is 16.5. The third-order valence-electron chi connectivity index (χ3n) is 5.09. The number of ether oxygens (including phenoxy) is 2. The van der Waals surface area contributed by atoms with Gasteiger partial charge in [-0.2, -0.15) is 0 Å². The van der Waals surface area contributed by atoms with Gasteiger partial charge in [0.2, 0.25) is 5.91 Å². The number of ketones is 1. The topological polar surface area (TPSA) is 64.6 Å². The number of amides is 1. The van der Waals surface area contributed by atoms with Crippen molar-refractivity contribution < 1.29 is 19.1 Å². The number of Topliss-reactive ketones (excluding diaryl/α,β-unsaturated/α-hetero) is 1. The lowest BCUT2D eigenvalue weighted by atomic mass is 10.1. The highest BCUT2D eigenvalue weighted by Gasteiger charge is 2.01. The summed E-state index contributed by atoms with van der Waals surface area (Å²) in [5, 5.41) is 2.91. The standard InChI is InChI=1S/C24H47NO4/c1-3-5-6-7-8-9-10-11-12-13-14-17-24(27)25-18-20-29-22-21-28-19-15-16-23(26)4-2/h3-22H2,1-2H3,(H,25,27). The summed E-state index contributed by atoms with van der Waals surface area (Å²) in [5.74, 6) is 0.412. The number of carbonyl (C=O) groups is 2. The van der Waals surface area contributed by atoms with Gasteiger partial charge in [0.1, 0.15) is 5.78 Å². The highest BCUT2D eigenvalue weighted by Crippen LogP contribution is 2.11. The van der Waals surface area contributed by atoms with Crippen LogP contribution in [0.4, 0.5) is 0 Å². The number of nitrogens with one attached hydrogen (secondary N) is 1. The molecule has 0 spiro atoms. The number of unbranched alkanes of at least 4 members (excludes halogenated alkanes) is 10. The molecular formula is C24H47NO4. The second kappa shape index (κ2) is 23.3. The maximum atomic E-state index is 11.8. The average Bonchev–Trinajstić information content (AvgIpc) is 2.73. The van der Waals surface area contributed by atoms with Crippen molar-refractivity contribution in [3.8, 4) is 0 Å². The van der Waals surface area contributed by atoms with E-state index in [1.807, 2.05) is 6.92 Å². The normalized spacial score (nSPS) is 11.0. The van der Waals surface area contributed by atoms with Crippen LogP contribution >= 0.6 is 0 Å².